The van der Waals surface area contributed by atoms with Crippen LogP contribution in [0.1, 0.15) is 11.3 Å². The van der Waals surface area contributed by atoms with Crippen molar-refractivity contribution in [1.82, 2.24) is 14.8 Å². The van der Waals surface area contributed by atoms with Crippen LogP contribution in [-0.4, -0.2) is 33.4 Å². The highest BCUT2D eigenvalue weighted by molar-refractivity contribution is 6.02. The van der Waals surface area contributed by atoms with E-state index in [1.54, 1.807) is 17.8 Å². The normalized spacial score (nSPS) is 16.0. The van der Waals surface area contributed by atoms with Crippen molar-refractivity contribution >= 4 is 22.8 Å². The monoisotopic (exact) mass is 338 g/mol. The molecule has 3 aromatic rings. The van der Waals surface area contributed by atoms with Crippen molar-refractivity contribution in [3.63, 3.8) is 0 Å². The molecule has 25 heavy (non-hydrogen) atoms. The standard InChI is InChI=1S/C18H18N4O3/c1-10-8-11(2)19-17-15(10)16(21-22(17)3)20-18(23)14-9-24-12-6-4-5-7-13(12)25-14/h4-8,14H,9H2,1-3H3,(H,20,21,23). The zero-order valence-electron chi connectivity index (χ0n) is 14.2. The zero-order valence-corrected chi connectivity index (χ0v) is 14.2. The minimum absolute atomic E-state index is 0.157. The van der Waals surface area contributed by atoms with E-state index in [4.69, 9.17) is 9.47 Å². The molecular formula is C18H18N4O3. The molecule has 0 spiro atoms. The number of ether oxygens (including phenoxy) is 2. The smallest absolute Gasteiger partial charge is 0.270 e. The summed E-state index contributed by atoms with van der Waals surface area (Å²) in [6.07, 6.45) is -0.731. The number of hydrogen-bond donors (Lipinski definition) is 1. The quantitative estimate of drug-likeness (QED) is 0.776. The lowest BCUT2D eigenvalue weighted by molar-refractivity contribution is -0.125. The van der Waals surface area contributed by atoms with E-state index >= 15 is 0 Å². The highest BCUT2D eigenvalue weighted by Gasteiger charge is 2.28. The first-order chi connectivity index (χ1) is 12.0. The van der Waals surface area contributed by atoms with Gasteiger partial charge in [-0.25, -0.2) is 9.67 Å². The molecule has 1 atom stereocenters. The van der Waals surface area contributed by atoms with E-state index in [9.17, 15) is 4.79 Å². The summed E-state index contributed by atoms with van der Waals surface area (Å²) >= 11 is 0. The second-order valence-electron chi connectivity index (χ2n) is 6.10. The number of nitrogens with one attached hydrogen (secondary N) is 1. The van der Waals surface area contributed by atoms with Crippen molar-refractivity contribution in [2.75, 3.05) is 11.9 Å². The average molecular weight is 338 g/mol. The second kappa shape index (κ2) is 5.77. The van der Waals surface area contributed by atoms with E-state index < -0.39 is 6.10 Å². The van der Waals surface area contributed by atoms with Crippen LogP contribution in [0.2, 0.25) is 0 Å². The first kappa shape index (κ1) is 15.4. The number of aryl methyl sites for hydroxylation is 3. The number of nitrogens with zero attached hydrogens (tertiary/aromatic N) is 3. The topological polar surface area (TPSA) is 78.3 Å². The molecule has 0 aliphatic carbocycles. The first-order valence-corrected chi connectivity index (χ1v) is 8.03. The fourth-order valence-electron chi connectivity index (χ4n) is 3.02. The number of carbonyl (C=O) groups excluding carboxylic acids is 1. The maximum absolute atomic E-state index is 12.6. The van der Waals surface area contributed by atoms with Gasteiger partial charge < -0.3 is 14.8 Å². The number of hydrogen-bond acceptors (Lipinski definition) is 5. The molecule has 1 N–H and O–H groups in total. The third-order valence-electron chi connectivity index (χ3n) is 4.16. The van der Waals surface area contributed by atoms with Crippen LogP contribution >= 0.6 is 0 Å². The first-order valence-electron chi connectivity index (χ1n) is 8.03. The SMILES string of the molecule is Cc1cc(C)c2c(NC(=O)C3COc4ccccc4O3)nn(C)c2n1. The van der Waals surface area contributed by atoms with Crippen molar-refractivity contribution in [1.29, 1.82) is 0 Å². The maximum Gasteiger partial charge on any atom is 0.270 e. The Morgan fingerprint density at radius 1 is 1.28 bits per heavy atom. The summed E-state index contributed by atoms with van der Waals surface area (Å²) in [5, 5.41) is 8.08. The molecule has 0 bridgehead atoms. The third kappa shape index (κ3) is 2.67. The summed E-state index contributed by atoms with van der Waals surface area (Å²) in [7, 11) is 1.81. The van der Waals surface area contributed by atoms with Crippen LogP contribution in [0.3, 0.4) is 0 Å². The van der Waals surface area contributed by atoms with Gasteiger partial charge in [0.15, 0.2) is 23.0 Å². The Balaban J connectivity index is 1.61. The summed E-state index contributed by atoms with van der Waals surface area (Å²) < 4.78 is 13.0. The van der Waals surface area contributed by atoms with Gasteiger partial charge in [0.05, 0.1) is 5.39 Å². The number of fused-ring (bicyclic) bond motifs is 2. The van der Waals surface area contributed by atoms with Crippen molar-refractivity contribution in [2.24, 2.45) is 7.05 Å². The van der Waals surface area contributed by atoms with Crippen LogP contribution < -0.4 is 14.8 Å². The fraction of sp³-hybridized carbons (Fsp3) is 0.278. The van der Waals surface area contributed by atoms with Gasteiger partial charge in [-0.3, -0.25) is 4.79 Å². The zero-order chi connectivity index (χ0) is 17.6. The highest BCUT2D eigenvalue weighted by Crippen LogP contribution is 2.31. The Kier molecular flexibility index (Phi) is 3.56. The van der Waals surface area contributed by atoms with Gasteiger partial charge in [-0.2, -0.15) is 5.10 Å². The lowest BCUT2D eigenvalue weighted by Crippen LogP contribution is -2.40. The molecule has 1 amide bonds. The van der Waals surface area contributed by atoms with E-state index in [0.717, 1.165) is 22.3 Å². The van der Waals surface area contributed by atoms with Gasteiger partial charge in [0.2, 0.25) is 6.10 Å². The minimum atomic E-state index is -0.731. The summed E-state index contributed by atoms with van der Waals surface area (Å²) in [4.78, 5) is 17.1. The summed E-state index contributed by atoms with van der Waals surface area (Å²) in [6.45, 7) is 4.07. The van der Waals surface area contributed by atoms with Crippen LogP contribution in [0.15, 0.2) is 30.3 Å². The number of rotatable bonds is 2. The fourth-order valence-corrected chi connectivity index (χ4v) is 3.02. The van der Waals surface area contributed by atoms with Gasteiger partial charge in [0.25, 0.3) is 5.91 Å². The molecule has 0 radical (unpaired) electrons. The molecular weight excluding hydrogens is 320 g/mol. The number of amides is 1. The number of aromatic nitrogens is 3. The predicted molar refractivity (Wildman–Crippen MR) is 93.0 cm³/mol. The van der Waals surface area contributed by atoms with Gasteiger partial charge in [-0.15, -0.1) is 0 Å². The Hall–Kier alpha value is -3.09. The van der Waals surface area contributed by atoms with Gasteiger partial charge in [0, 0.05) is 12.7 Å². The molecule has 2 aromatic heterocycles. The van der Waals surface area contributed by atoms with Crippen LogP contribution in [0, 0.1) is 13.8 Å². The molecule has 1 aromatic carbocycles. The minimum Gasteiger partial charge on any atom is -0.485 e. The van der Waals surface area contributed by atoms with E-state index in [0.29, 0.717) is 17.3 Å². The van der Waals surface area contributed by atoms with Crippen LogP contribution in [0.4, 0.5) is 5.82 Å². The van der Waals surface area contributed by atoms with Crippen LogP contribution in [0.5, 0.6) is 11.5 Å². The van der Waals surface area contributed by atoms with E-state index in [1.807, 2.05) is 38.1 Å². The number of carbonyl (C=O) groups is 1. The third-order valence-corrected chi connectivity index (χ3v) is 4.16. The summed E-state index contributed by atoms with van der Waals surface area (Å²) in [5.74, 6) is 1.39. The van der Waals surface area contributed by atoms with E-state index in [1.165, 1.54) is 0 Å². The van der Waals surface area contributed by atoms with Gasteiger partial charge >= 0.3 is 0 Å². The second-order valence-corrected chi connectivity index (χ2v) is 6.10. The van der Waals surface area contributed by atoms with Crippen LogP contribution in [0.25, 0.3) is 11.0 Å². The highest BCUT2D eigenvalue weighted by atomic mass is 16.6. The molecule has 4 rings (SSSR count). The molecule has 1 aliphatic heterocycles. The van der Waals surface area contributed by atoms with Crippen molar-refractivity contribution in [3.8, 4) is 11.5 Å². The Labute approximate surface area is 144 Å². The number of pyridine rings is 1. The summed E-state index contributed by atoms with van der Waals surface area (Å²) in [5.41, 5.74) is 2.66. The van der Waals surface area contributed by atoms with Gasteiger partial charge in [-0.1, -0.05) is 12.1 Å². The molecule has 1 aliphatic rings. The largest absolute Gasteiger partial charge is 0.485 e. The maximum atomic E-state index is 12.6. The lowest BCUT2D eigenvalue weighted by Gasteiger charge is -2.25. The lowest BCUT2D eigenvalue weighted by atomic mass is 10.1. The number of para-hydroxylation sites is 2. The molecule has 0 saturated carbocycles. The molecule has 7 heteroatoms. The van der Waals surface area contributed by atoms with Gasteiger partial charge in [-0.05, 0) is 37.6 Å². The Morgan fingerprint density at radius 3 is 2.84 bits per heavy atom. The molecule has 0 saturated heterocycles. The van der Waals surface area contributed by atoms with Crippen molar-refractivity contribution in [3.05, 3.63) is 41.6 Å². The Bertz CT molecular complexity index is 980. The molecule has 7 nitrogen and oxygen atoms in total. The van der Waals surface area contributed by atoms with Crippen molar-refractivity contribution in [2.45, 2.75) is 20.0 Å². The van der Waals surface area contributed by atoms with Crippen molar-refractivity contribution < 1.29 is 14.3 Å². The number of anilines is 1. The predicted octanol–water partition coefficient (Wildman–Crippen LogP) is 2.36. The molecule has 1 unspecified atom stereocenters. The summed E-state index contributed by atoms with van der Waals surface area (Å²) in [6, 6.07) is 9.26. The average Bonchev–Trinajstić information content (AvgIpc) is 2.90. The van der Waals surface area contributed by atoms with E-state index in [2.05, 4.69) is 15.4 Å². The van der Waals surface area contributed by atoms with Crippen LogP contribution in [-0.2, 0) is 11.8 Å². The molecule has 128 valence electrons. The Morgan fingerprint density at radius 2 is 2.04 bits per heavy atom. The molecule has 3 heterocycles. The number of benzene rings is 1. The van der Waals surface area contributed by atoms with E-state index in [-0.39, 0.29) is 12.5 Å². The van der Waals surface area contributed by atoms with Gasteiger partial charge in [0.1, 0.15) is 6.61 Å². The molecule has 0 fully saturated rings.